The van der Waals surface area contributed by atoms with E-state index in [4.69, 9.17) is 18.3 Å². The van der Waals surface area contributed by atoms with Gasteiger partial charge in [0.05, 0.1) is 11.2 Å². The van der Waals surface area contributed by atoms with E-state index in [-0.39, 0.29) is 17.5 Å². The van der Waals surface area contributed by atoms with Crippen LogP contribution >= 0.6 is 7.82 Å². The summed E-state index contributed by atoms with van der Waals surface area (Å²) in [5.74, 6) is 0.187. The molecule has 0 saturated carbocycles. The molecule has 0 radical (unpaired) electrons. The Kier molecular flexibility index (Phi) is 11.1. The van der Waals surface area contributed by atoms with Crippen LogP contribution in [0.4, 0.5) is 0 Å². The highest BCUT2D eigenvalue weighted by atomic mass is 31.2. The molecule has 2 aromatic rings. The number of ketones is 1. The van der Waals surface area contributed by atoms with E-state index in [2.05, 4.69) is 6.92 Å². The number of hydrogen-bond donors (Lipinski definition) is 0. The molecule has 0 aliphatic carbocycles. The normalized spacial score (nSPS) is 12.3. The Balaban J connectivity index is 2.01. The minimum absolute atomic E-state index is 0.208. The number of hydrogen-bond acceptors (Lipinski definition) is 7. The number of phosphoric acid groups is 1. The number of carbonyl (C=O) groups excluding carboxylic acids is 2. The van der Waals surface area contributed by atoms with Crippen LogP contribution in [-0.4, -0.2) is 23.0 Å². The van der Waals surface area contributed by atoms with E-state index >= 15 is 0 Å². The van der Waals surface area contributed by atoms with Crippen molar-refractivity contribution in [2.24, 2.45) is 0 Å². The van der Waals surface area contributed by atoms with E-state index in [0.717, 1.165) is 25.7 Å². The lowest BCUT2D eigenvalue weighted by Gasteiger charge is -2.30. The molecule has 0 fully saturated rings. The summed E-state index contributed by atoms with van der Waals surface area (Å²) in [6, 6.07) is 12.8. The summed E-state index contributed by atoms with van der Waals surface area (Å²) < 4.78 is 35.6. The van der Waals surface area contributed by atoms with Crippen molar-refractivity contribution in [2.45, 2.75) is 98.2 Å². The van der Waals surface area contributed by atoms with E-state index in [9.17, 15) is 14.2 Å². The topological polar surface area (TPSA) is 88.1 Å². The standard InChI is InChI=1S/C29H41O7P/c1-8-9-10-11-12-13-26(30)33-24-18-14-22(15-19-24)27(31)23-16-20-25(21-17-23)34-37(32,35-28(2,3)4)36-29(5,6)7/h14-21H,8-13H2,1-7H3. The summed E-state index contributed by atoms with van der Waals surface area (Å²) in [6.45, 7) is 12.7. The van der Waals surface area contributed by atoms with Crippen molar-refractivity contribution < 1.29 is 32.5 Å². The molecule has 0 saturated heterocycles. The molecule has 2 aromatic carbocycles. The molecule has 0 spiro atoms. The van der Waals surface area contributed by atoms with Crippen LogP contribution in [0.2, 0.25) is 0 Å². The van der Waals surface area contributed by atoms with Gasteiger partial charge < -0.3 is 9.26 Å². The molecule has 0 aliphatic rings. The molecule has 0 aromatic heterocycles. The lowest BCUT2D eigenvalue weighted by Crippen LogP contribution is -2.25. The molecule has 0 bridgehead atoms. The van der Waals surface area contributed by atoms with Crippen LogP contribution in [0, 0.1) is 0 Å². The molecule has 204 valence electrons. The van der Waals surface area contributed by atoms with Gasteiger partial charge in [0.2, 0.25) is 0 Å². The maximum absolute atomic E-state index is 13.3. The maximum atomic E-state index is 13.3. The molecule has 7 nitrogen and oxygen atoms in total. The zero-order valence-electron chi connectivity index (χ0n) is 23.2. The summed E-state index contributed by atoms with van der Waals surface area (Å²) >= 11 is 0. The molecule has 2 rings (SSSR count). The molecule has 0 aliphatic heterocycles. The summed E-state index contributed by atoms with van der Waals surface area (Å²) in [4.78, 5) is 25.0. The molecule has 0 amide bonds. The first-order chi connectivity index (χ1) is 17.2. The van der Waals surface area contributed by atoms with Gasteiger partial charge >= 0.3 is 13.8 Å². The highest BCUT2D eigenvalue weighted by Crippen LogP contribution is 2.55. The van der Waals surface area contributed by atoms with Crippen molar-refractivity contribution in [1.29, 1.82) is 0 Å². The molecule has 37 heavy (non-hydrogen) atoms. The fraction of sp³-hybridized carbons (Fsp3) is 0.517. The van der Waals surface area contributed by atoms with Crippen LogP contribution in [0.1, 0.15) is 103 Å². The Labute approximate surface area is 221 Å². The van der Waals surface area contributed by atoms with Gasteiger partial charge in [-0.2, -0.15) is 0 Å². The maximum Gasteiger partial charge on any atom is 0.531 e. The summed E-state index contributed by atoms with van der Waals surface area (Å²) in [5, 5.41) is 0. The average Bonchev–Trinajstić information content (AvgIpc) is 2.76. The van der Waals surface area contributed by atoms with Crippen molar-refractivity contribution in [3.05, 3.63) is 59.7 Å². The predicted octanol–water partition coefficient (Wildman–Crippen LogP) is 8.30. The fourth-order valence-corrected chi connectivity index (χ4v) is 5.25. The van der Waals surface area contributed by atoms with Gasteiger partial charge in [0.15, 0.2) is 5.78 Å². The van der Waals surface area contributed by atoms with Crippen LogP contribution in [0.25, 0.3) is 0 Å². The quantitative estimate of drug-likeness (QED) is 0.0843. The van der Waals surface area contributed by atoms with E-state index in [1.807, 2.05) is 0 Å². The van der Waals surface area contributed by atoms with Crippen LogP contribution in [-0.2, 0) is 18.4 Å². The Morgan fingerprint density at radius 3 is 1.62 bits per heavy atom. The zero-order chi connectivity index (χ0) is 27.7. The highest BCUT2D eigenvalue weighted by molar-refractivity contribution is 7.49. The third kappa shape index (κ3) is 11.6. The van der Waals surface area contributed by atoms with Crippen LogP contribution < -0.4 is 9.26 Å². The lowest BCUT2D eigenvalue weighted by molar-refractivity contribution is -0.134. The summed E-state index contributed by atoms with van der Waals surface area (Å²) in [7, 11) is -3.94. The van der Waals surface area contributed by atoms with Gasteiger partial charge in [0.25, 0.3) is 0 Å². The third-order valence-electron chi connectivity index (χ3n) is 4.94. The van der Waals surface area contributed by atoms with Crippen LogP contribution in [0.3, 0.4) is 0 Å². The van der Waals surface area contributed by atoms with E-state index in [1.54, 1.807) is 90.1 Å². The van der Waals surface area contributed by atoms with Crippen molar-refractivity contribution in [3.8, 4) is 11.5 Å². The van der Waals surface area contributed by atoms with Gasteiger partial charge in [0, 0.05) is 17.5 Å². The molecular weight excluding hydrogens is 491 g/mol. The second-order valence-electron chi connectivity index (χ2n) is 11.0. The van der Waals surface area contributed by atoms with Gasteiger partial charge in [-0.05, 0) is 96.5 Å². The van der Waals surface area contributed by atoms with Crippen molar-refractivity contribution in [2.75, 3.05) is 0 Å². The van der Waals surface area contributed by atoms with Crippen LogP contribution in [0.5, 0.6) is 11.5 Å². The number of esters is 1. The number of phosphoric ester groups is 1. The van der Waals surface area contributed by atoms with Crippen molar-refractivity contribution >= 4 is 19.6 Å². The summed E-state index contributed by atoms with van der Waals surface area (Å²) in [6.07, 6.45) is 5.68. The monoisotopic (exact) mass is 532 g/mol. The minimum Gasteiger partial charge on any atom is -0.427 e. The SMILES string of the molecule is CCCCCCCC(=O)Oc1ccc(C(=O)c2ccc(OP(=O)(OC(C)(C)C)OC(C)(C)C)cc2)cc1. The minimum atomic E-state index is -3.94. The molecule has 0 unspecified atom stereocenters. The molecule has 8 heteroatoms. The van der Waals surface area contributed by atoms with Gasteiger partial charge in [0.1, 0.15) is 11.5 Å². The van der Waals surface area contributed by atoms with E-state index in [1.165, 1.54) is 6.42 Å². The van der Waals surface area contributed by atoms with E-state index < -0.39 is 19.0 Å². The first kappa shape index (κ1) is 30.8. The lowest BCUT2D eigenvalue weighted by atomic mass is 10.0. The Morgan fingerprint density at radius 1 is 0.703 bits per heavy atom. The molecule has 0 atom stereocenters. The number of benzene rings is 2. The van der Waals surface area contributed by atoms with Gasteiger partial charge in [-0.1, -0.05) is 32.6 Å². The number of ether oxygens (including phenoxy) is 1. The molecule has 0 N–H and O–H groups in total. The molecular formula is C29H41O7P. The Hall–Kier alpha value is -2.47. The number of carbonyl (C=O) groups is 2. The predicted molar refractivity (Wildman–Crippen MR) is 145 cm³/mol. The van der Waals surface area contributed by atoms with Gasteiger partial charge in [-0.3, -0.25) is 18.6 Å². The number of rotatable bonds is 13. The van der Waals surface area contributed by atoms with Gasteiger partial charge in [-0.25, -0.2) is 4.57 Å². The second-order valence-corrected chi connectivity index (χ2v) is 12.4. The Morgan fingerprint density at radius 2 is 1.16 bits per heavy atom. The first-order valence-electron chi connectivity index (χ1n) is 12.9. The molecule has 0 heterocycles. The van der Waals surface area contributed by atoms with Gasteiger partial charge in [-0.15, -0.1) is 0 Å². The third-order valence-corrected chi connectivity index (χ3v) is 6.91. The largest absolute Gasteiger partial charge is 0.531 e. The average molecular weight is 533 g/mol. The second kappa shape index (κ2) is 13.4. The number of unbranched alkanes of at least 4 members (excludes halogenated alkanes) is 4. The summed E-state index contributed by atoms with van der Waals surface area (Å²) in [5.41, 5.74) is -0.643. The van der Waals surface area contributed by atoms with Crippen LogP contribution in [0.15, 0.2) is 48.5 Å². The first-order valence-corrected chi connectivity index (χ1v) is 14.3. The smallest absolute Gasteiger partial charge is 0.427 e. The Bertz CT molecular complexity index is 1040. The van der Waals surface area contributed by atoms with Crippen molar-refractivity contribution in [1.82, 2.24) is 0 Å². The highest BCUT2D eigenvalue weighted by Gasteiger charge is 2.38. The van der Waals surface area contributed by atoms with E-state index in [0.29, 0.717) is 23.3 Å². The zero-order valence-corrected chi connectivity index (χ0v) is 24.1. The fourth-order valence-electron chi connectivity index (χ4n) is 3.42. The van der Waals surface area contributed by atoms with Crippen molar-refractivity contribution in [3.63, 3.8) is 0 Å².